The van der Waals surface area contributed by atoms with E-state index in [4.69, 9.17) is 5.11 Å². The number of rotatable bonds is 1. The molecule has 64 valence electrons. The summed E-state index contributed by atoms with van der Waals surface area (Å²) in [6.45, 7) is 2.56. The number of fused-ring (bicyclic) bond motifs is 1. The van der Waals surface area contributed by atoms with Crippen LogP contribution in [0, 0.1) is 6.92 Å². The summed E-state index contributed by atoms with van der Waals surface area (Å²) in [4.78, 5) is 10.7. The normalized spacial score (nSPS) is 20.9. The van der Waals surface area contributed by atoms with E-state index < -0.39 is 11.9 Å². The predicted octanol–water partition coefficient (Wildman–Crippen LogP) is 0.158. The third-order valence-corrected chi connectivity index (χ3v) is 2.22. The van der Waals surface area contributed by atoms with E-state index in [1.807, 2.05) is 11.5 Å². The summed E-state index contributed by atoms with van der Waals surface area (Å²) >= 11 is 0. The first-order valence-corrected chi connectivity index (χ1v) is 3.82. The number of hydrogen-bond acceptors (Lipinski definition) is 3. The molecule has 0 unspecified atom stereocenters. The molecule has 5 nitrogen and oxygen atoms in total. The fourth-order valence-corrected chi connectivity index (χ4v) is 1.55. The topological polar surface area (TPSA) is 68.0 Å². The minimum absolute atomic E-state index is 0.453. The molecule has 0 amide bonds. The molecule has 0 spiro atoms. The lowest BCUT2D eigenvalue weighted by Gasteiger charge is -1.97. The minimum Gasteiger partial charge on any atom is -0.481 e. The Labute approximate surface area is 69.0 Å². The van der Waals surface area contributed by atoms with Crippen molar-refractivity contribution in [3.05, 3.63) is 11.6 Å². The van der Waals surface area contributed by atoms with Gasteiger partial charge in [0.25, 0.3) is 0 Å². The Balaban J connectivity index is 2.43. The Morgan fingerprint density at radius 2 is 2.42 bits per heavy atom. The SMILES string of the molecule is Cc1nnc2n1CC[C@H]2C(=O)O. The highest BCUT2D eigenvalue weighted by atomic mass is 16.4. The second-order valence-corrected chi connectivity index (χ2v) is 2.94. The zero-order valence-corrected chi connectivity index (χ0v) is 6.69. The van der Waals surface area contributed by atoms with Crippen LogP contribution in [0.4, 0.5) is 0 Å². The van der Waals surface area contributed by atoms with Gasteiger partial charge in [0.15, 0.2) is 0 Å². The maximum absolute atomic E-state index is 10.7. The van der Waals surface area contributed by atoms with Crippen molar-refractivity contribution in [2.24, 2.45) is 0 Å². The third kappa shape index (κ3) is 0.823. The van der Waals surface area contributed by atoms with Gasteiger partial charge >= 0.3 is 5.97 Å². The van der Waals surface area contributed by atoms with Crippen molar-refractivity contribution in [1.29, 1.82) is 0 Å². The number of aromatic nitrogens is 3. The first-order valence-electron chi connectivity index (χ1n) is 3.82. The van der Waals surface area contributed by atoms with E-state index in [-0.39, 0.29) is 0 Å². The van der Waals surface area contributed by atoms with Crippen LogP contribution in [0.3, 0.4) is 0 Å². The molecule has 1 aromatic heterocycles. The maximum atomic E-state index is 10.7. The smallest absolute Gasteiger partial charge is 0.314 e. The summed E-state index contributed by atoms with van der Waals surface area (Å²) in [5.74, 6) is 0.140. The number of aryl methyl sites for hydroxylation is 1. The highest BCUT2D eigenvalue weighted by Crippen LogP contribution is 2.26. The van der Waals surface area contributed by atoms with E-state index in [9.17, 15) is 4.79 Å². The molecule has 0 radical (unpaired) electrons. The summed E-state index contributed by atoms with van der Waals surface area (Å²) < 4.78 is 1.86. The molecule has 2 rings (SSSR count). The molecule has 1 aliphatic rings. The van der Waals surface area contributed by atoms with Crippen molar-refractivity contribution < 1.29 is 9.90 Å². The number of carboxylic acids is 1. The van der Waals surface area contributed by atoms with Crippen LogP contribution in [-0.4, -0.2) is 25.8 Å². The van der Waals surface area contributed by atoms with Crippen molar-refractivity contribution in [2.75, 3.05) is 0 Å². The summed E-state index contributed by atoms with van der Waals surface area (Å²) in [5, 5.41) is 16.4. The fraction of sp³-hybridized carbons (Fsp3) is 0.571. The standard InChI is InChI=1S/C7H9N3O2/c1-4-8-9-6-5(7(11)12)2-3-10(4)6/h5H,2-3H2,1H3,(H,11,12)/t5-/m1/s1. The van der Waals surface area contributed by atoms with Crippen molar-refractivity contribution >= 4 is 5.97 Å². The zero-order chi connectivity index (χ0) is 8.72. The van der Waals surface area contributed by atoms with Crippen LogP contribution in [0.25, 0.3) is 0 Å². The van der Waals surface area contributed by atoms with Crippen LogP contribution in [0.1, 0.15) is 24.0 Å². The molecule has 0 fully saturated rings. The Kier molecular flexibility index (Phi) is 1.39. The van der Waals surface area contributed by atoms with Crippen LogP contribution in [-0.2, 0) is 11.3 Å². The van der Waals surface area contributed by atoms with Crippen molar-refractivity contribution in [1.82, 2.24) is 14.8 Å². The highest BCUT2D eigenvalue weighted by Gasteiger charge is 2.31. The van der Waals surface area contributed by atoms with E-state index in [1.165, 1.54) is 0 Å². The van der Waals surface area contributed by atoms with E-state index in [0.29, 0.717) is 12.2 Å². The molecule has 1 N–H and O–H groups in total. The van der Waals surface area contributed by atoms with E-state index in [1.54, 1.807) is 0 Å². The summed E-state index contributed by atoms with van der Waals surface area (Å²) in [5.41, 5.74) is 0. The number of hydrogen-bond donors (Lipinski definition) is 1. The third-order valence-electron chi connectivity index (χ3n) is 2.22. The van der Waals surface area contributed by atoms with Crippen LogP contribution in [0.15, 0.2) is 0 Å². The second-order valence-electron chi connectivity index (χ2n) is 2.94. The monoisotopic (exact) mass is 167 g/mol. The molecular formula is C7H9N3O2. The van der Waals surface area contributed by atoms with E-state index >= 15 is 0 Å². The van der Waals surface area contributed by atoms with E-state index in [2.05, 4.69) is 10.2 Å². The van der Waals surface area contributed by atoms with Crippen LogP contribution >= 0.6 is 0 Å². The van der Waals surface area contributed by atoms with Crippen molar-refractivity contribution in [3.63, 3.8) is 0 Å². The maximum Gasteiger partial charge on any atom is 0.314 e. The van der Waals surface area contributed by atoms with Gasteiger partial charge in [0.2, 0.25) is 0 Å². The number of aliphatic carboxylic acids is 1. The fourth-order valence-electron chi connectivity index (χ4n) is 1.55. The molecule has 12 heavy (non-hydrogen) atoms. The molecule has 0 aromatic carbocycles. The minimum atomic E-state index is -0.804. The van der Waals surface area contributed by atoms with Gasteiger partial charge in [-0.05, 0) is 13.3 Å². The van der Waals surface area contributed by atoms with Gasteiger partial charge in [-0.25, -0.2) is 0 Å². The molecule has 1 aromatic rings. The van der Waals surface area contributed by atoms with Crippen LogP contribution < -0.4 is 0 Å². The molecule has 5 heteroatoms. The summed E-state index contributed by atoms with van der Waals surface area (Å²) in [7, 11) is 0. The van der Waals surface area contributed by atoms with Gasteiger partial charge in [-0.1, -0.05) is 0 Å². The van der Waals surface area contributed by atoms with Gasteiger partial charge < -0.3 is 9.67 Å². The molecule has 2 heterocycles. The Hall–Kier alpha value is -1.39. The summed E-state index contributed by atoms with van der Waals surface area (Å²) in [6.07, 6.45) is 0.640. The molecule has 0 saturated carbocycles. The quantitative estimate of drug-likeness (QED) is 0.646. The van der Waals surface area contributed by atoms with Gasteiger partial charge in [0, 0.05) is 6.54 Å². The first kappa shape index (κ1) is 7.27. The molecule has 0 aliphatic carbocycles. The molecule has 1 aliphatic heterocycles. The lowest BCUT2D eigenvalue weighted by molar-refractivity contribution is -0.138. The van der Waals surface area contributed by atoms with Crippen LogP contribution in [0.2, 0.25) is 0 Å². The molecular weight excluding hydrogens is 158 g/mol. The highest BCUT2D eigenvalue weighted by molar-refractivity contribution is 5.75. The number of carboxylic acid groups (broad SMARTS) is 1. The zero-order valence-electron chi connectivity index (χ0n) is 6.69. The molecule has 0 saturated heterocycles. The second kappa shape index (κ2) is 2.30. The van der Waals surface area contributed by atoms with Gasteiger partial charge in [-0.3, -0.25) is 4.79 Å². The van der Waals surface area contributed by atoms with Crippen molar-refractivity contribution in [3.8, 4) is 0 Å². The average molecular weight is 167 g/mol. The molecule has 0 bridgehead atoms. The molecule has 1 atom stereocenters. The average Bonchev–Trinajstić information content (AvgIpc) is 2.53. The Morgan fingerprint density at radius 1 is 1.67 bits per heavy atom. The van der Waals surface area contributed by atoms with Crippen molar-refractivity contribution in [2.45, 2.75) is 25.8 Å². The predicted molar refractivity (Wildman–Crippen MR) is 39.8 cm³/mol. The van der Waals surface area contributed by atoms with Gasteiger partial charge in [-0.15, -0.1) is 10.2 Å². The lowest BCUT2D eigenvalue weighted by atomic mass is 10.1. The number of carbonyl (C=O) groups is 1. The Bertz CT molecular complexity index is 331. The summed E-state index contributed by atoms with van der Waals surface area (Å²) in [6, 6.07) is 0. The largest absolute Gasteiger partial charge is 0.481 e. The Morgan fingerprint density at radius 3 is 3.08 bits per heavy atom. The van der Waals surface area contributed by atoms with E-state index in [0.717, 1.165) is 12.4 Å². The number of nitrogens with zero attached hydrogens (tertiary/aromatic N) is 3. The van der Waals surface area contributed by atoms with Gasteiger partial charge in [0.05, 0.1) is 0 Å². The van der Waals surface area contributed by atoms with Gasteiger partial charge in [0.1, 0.15) is 17.6 Å². The van der Waals surface area contributed by atoms with Crippen LogP contribution in [0.5, 0.6) is 0 Å². The van der Waals surface area contributed by atoms with Gasteiger partial charge in [-0.2, -0.15) is 0 Å². The lowest BCUT2D eigenvalue weighted by Crippen LogP contribution is -2.09. The first-order chi connectivity index (χ1) is 5.70.